The number of hydrogen-bond acceptors (Lipinski definition) is 5. The molecule has 2 aromatic rings. The number of carbonyl (C=O) groups excluding carboxylic acids is 1. The molecule has 0 bridgehead atoms. The van der Waals surface area contributed by atoms with Crippen LogP contribution >= 0.6 is 0 Å². The number of nitrogens with zero attached hydrogens (tertiary/aromatic N) is 3. The normalized spacial score (nSPS) is 18.3. The van der Waals surface area contributed by atoms with Crippen molar-refractivity contribution >= 4 is 11.9 Å². The molecule has 1 aromatic heterocycles. The van der Waals surface area contributed by atoms with Gasteiger partial charge in [-0.25, -0.2) is 14.2 Å². The van der Waals surface area contributed by atoms with Crippen molar-refractivity contribution in [2.75, 3.05) is 33.2 Å². The van der Waals surface area contributed by atoms with Crippen LogP contribution in [0.1, 0.15) is 53.2 Å². The van der Waals surface area contributed by atoms with Crippen molar-refractivity contribution in [3.63, 3.8) is 0 Å². The van der Waals surface area contributed by atoms with Gasteiger partial charge in [-0.15, -0.1) is 0 Å². The molecule has 33 heavy (non-hydrogen) atoms. The molecule has 0 aliphatic carbocycles. The van der Waals surface area contributed by atoms with Crippen LogP contribution in [0.2, 0.25) is 0 Å². The van der Waals surface area contributed by atoms with Crippen molar-refractivity contribution in [3.8, 4) is 5.88 Å². The van der Waals surface area contributed by atoms with E-state index in [2.05, 4.69) is 9.88 Å². The summed E-state index contributed by atoms with van der Waals surface area (Å²) in [6, 6.07) is 10.1. The predicted molar refractivity (Wildman–Crippen MR) is 121 cm³/mol. The first-order valence-corrected chi connectivity index (χ1v) is 11.5. The lowest BCUT2D eigenvalue weighted by Gasteiger charge is -2.29. The molecule has 2 aliphatic heterocycles. The quantitative estimate of drug-likeness (QED) is 0.658. The molecule has 8 heteroatoms. The molecule has 0 radical (unpaired) electrons. The maximum atomic E-state index is 14.7. The molecule has 2 aliphatic rings. The fraction of sp³-hybridized carbons (Fsp3) is 0.480. The van der Waals surface area contributed by atoms with E-state index in [0.717, 1.165) is 31.6 Å². The fourth-order valence-corrected chi connectivity index (χ4v) is 4.58. The number of likely N-dealkylation sites (tertiary alicyclic amines) is 2. The first kappa shape index (κ1) is 23.2. The van der Waals surface area contributed by atoms with E-state index in [-0.39, 0.29) is 24.2 Å². The van der Waals surface area contributed by atoms with Crippen molar-refractivity contribution in [3.05, 3.63) is 59.0 Å². The summed E-state index contributed by atoms with van der Waals surface area (Å²) in [7, 11) is 2.04. The third-order valence-corrected chi connectivity index (χ3v) is 6.73. The summed E-state index contributed by atoms with van der Waals surface area (Å²) in [6.45, 7) is 2.76. The molecule has 1 N–H and O–H groups in total. The molecule has 4 rings (SSSR count). The minimum Gasteiger partial charge on any atom is -0.473 e. The van der Waals surface area contributed by atoms with Gasteiger partial charge in [0.25, 0.3) is 0 Å². The molecular formula is C25H30FN3O4. The molecule has 7 nitrogen and oxygen atoms in total. The van der Waals surface area contributed by atoms with Crippen molar-refractivity contribution in [2.45, 2.75) is 38.2 Å². The summed E-state index contributed by atoms with van der Waals surface area (Å²) in [4.78, 5) is 32.0. The van der Waals surface area contributed by atoms with Gasteiger partial charge in [-0.3, -0.25) is 4.79 Å². The van der Waals surface area contributed by atoms with Crippen LogP contribution in [0.25, 0.3) is 0 Å². The average Bonchev–Trinajstić information content (AvgIpc) is 2.83. The van der Waals surface area contributed by atoms with Crippen LogP contribution in [0.4, 0.5) is 9.18 Å². The highest BCUT2D eigenvalue weighted by Gasteiger charge is 2.26. The van der Waals surface area contributed by atoms with Crippen molar-refractivity contribution in [1.82, 2.24) is 14.8 Å². The Labute approximate surface area is 193 Å². The Morgan fingerprint density at radius 1 is 1.09 bits per heavy atom. The second-order valence-electron chi connectivity index (χ2n) is 8.98. The van der Waals surface area contributed by atoms with E-state index < -0.39 is 11.9 Å². The summed E-state index contributed by atoms with van der Waals surface area (Å²) in [5.74, 6) is 0.0885. The Hall–Kier alpha value is -3.00. The predicted octanol–water partition coefficient (Wildman–Crippen LogP) is 4.18. The standard InChI is InChI=1S/C25H30FN3O4/c1-28-11-7-18(8-12-28)24(30)19-5-6-20(21(26)15-19)16-33-23-4-2-3-22(27-23)17-9-13-29(14-10-17)25(31)32/h2-6,15,17-18H,7-14,16H2,1H3,(H,31,32). The Morgan fingerprint density at radius 3 is 2.48 bits per heavy atom. The minimum atomic E-state index is -0.889. The minimum absolute atomic E-state index is 0.0118. The molecule has 0 atom stereocenters. The largest absolute Gasteiger partial charge is 0.473 e. The number of amides is 1. The molecule has 2 fully saturated rings. The average molecular weight is 456 g/mol. The smallest absolute Gasteiger partial charge is 0.407 e. The van der Waals surface area contributed by atoms with Gasteiger partial charge in [0.15, 0.2) is 5.78 Å². The number of aromatic nitrogens is 1. The Morgan fingerprint density at radius 2 is 1.82 bits per heavy atom. The van der Waals surface area contributed by atoms with Crippen LogP contribution in [0.5, 0.6) is 5.88 Å². The zero-order valence-electron chi connectivity index (χ0n) is 18.9. The number of benzene rings is 1. The molecule has 1 amide bonds. The Bertz CT molecular complexity index is 999. The third kappa shape index (κ3) is 5.68. The van der Waals surface area contributed by atoms with Gasteiger partial charge in [0.2, 0.25) is 5.88 Å². The molecular weight excluding hydrogens is 425 g/mol. The number of Topliss-reactive ketones (excluding diaryl/α,β-unsaturated/α-hetero) is 1. The summed E-state index contributed by atoms with van der Waals surface area (Å²) in [6.07, 6.45) is 2.15. The van der Waals surface area contributed by atoms with Gasteiger partial charge < -0.3 is 19.6 Å². The van der Waals surface area contributed by atoms with E-state index in [9.17, 15) is 14.0 Å². The highest BCUT2D eigenvalue weighted by molar-refractivity contribution is 5.98. The fourth-order valence-electron chi connectivity index (χ4n) is 4.58. The van der Waals surface area contributed by atoms with Gasteiger partial charge in [-0.05, 0) is 58.0 Å². The molecule has 176 valence electrons. The van der Waals surface area contributed by atoms with Gasteiger partial charge in [-0.1, -0.05) is 18.2 Å². The molecule has 0 spiro atoms. The van der Waals surface area contributed by atoms with Crippen molar-refractivity contribution in [2.24, 2.45) is 5.92 Å². The van der Waals surface area contributed by atoms with Crippen LogP contribution in [-0.2, 0) is 6.61 Å². The zero-order valence-corrected chi connectivity index (χ0v) is 18.9. The van der Waals surface area contributed by atoms with Gasteiger partial charge >= 0.3 is 6.09 Å². The van der Waals surface area contributed by atoms with Gasteiger partial charge in [-0.2, -0.15) is 0 Å². The number of carboxylic acid groups (broad SMARTS) is 1. The van der Waals surface area contributed by atoms with Crippen molar-refractivity contribution < 1.29 is 23.8 Å². The Kier molecular flexibility index (Phi) is 7.23. The lowest BCUT2D eigenvalue weighted by atomic mass is 9.89. The summed E-state index contributed by atoms with van der Waals surface area (Å²) < 4.78 is 20.4. The van der Waals surface area contributed by atoms with Crippen LogP contribution in [0, 0.1) is 11.7 Å². The lowest BCUT2D eigenvalue weighted by molar-refractivity contribution is 0.0856. The molecule has 0 unspecified atom stereocenters. The SMILES string of the molecule is CN1CCC(C(=O)c2ccc(COc3cccc(C4CCN(C(=O)O)CC4)n3)c(F)c2)CC1. The Balaban J connectivity index is 1.35. The third-order valence-electron chi connectivity index (χ3n) is 6.73. The van der Waals surface area contributed by atoms with Crippen LogP contribution < -0.4 is 4.74 Å². The van der Waals surface area contributed by atoms with E-state index in [1.165, 1.54) is 11.0 Å². The first-order chi connectivity index (χ1) is 15.9. The molecule has 0 saturated carbocycles. The number of carbonyl (C=O) groups is 2. The lowest BCUT2D eigenvalue weighted by Crippen LogP contribution is -2.36. The molecule has 2 saturated heterocycles. The number of hydrogen-bond donors (Lipinski definition) is 1. The van der Waals surface area contributed by atoms with E-state index >= 15 is 0 Å². The maximum Gasteiger partial charge on any atom is 0.407 e. The van der Waals surface area contributed by atoms with Crippen LogP contribution in [0.3, 0.4) is 0 Å². The highest BCUT2D eigenvalue weighted by Crippen LogP contribution is 2.28. The van der Waals surface area contributed by atoms with Gasteiger partial charge in [0.05, 0.1) is 0 Å². The van der Waals surface area contributed by atoms with Crippen LogP contribution in [0.15, 0.2) is 36.4 Å². The number of pyridine rings is 1. The number of ether oxygens (including phenoxy) is 1. The highest BCUT2D eigenvalue weighted by atomic mass is 19.1. The van der Waals surface area contributed by atoms with Gasteiger partial charge in [0.1, 0.15) is 12.4 Å². The first-order valence-electron chi connectivity index (χ1n) is 11.5. The van der Waals surface area contributed by atoms with Crippen molar-refractivity contribution in [1.29, 1.82) is 0 Å². The van der Waals surface area contributed by atoms with Gasteiger partial charge in [0, 0.05) is 47.8 Å². The van der Waals surface area contributed by atoms with E-state index in [1.807, 2.05) is 19.2 Å². The molecule has 3 heterocycles. The number of piperidine rings is 2. The topological polar surface area (TPSA) is 83.0 Å². The summed E-state index contributed by atoms with van der Waals surface area (Å²) in [5, 5.41) is 9.10. The van der Waals surface area contributed by atoms with E-state index in [1.54, 1.807) is 18.2 Å². The number of halogens is 1. The zero-order chi connectivity index (χ0) is 23.4. The summed E-state index contributed by atoms with van der Waals surface area (Å²) in [5.41, 5.74) is 1.65. The second-order valence-corrected chi connectivity index (χ2v) is 8.98. The van der Waals surface area contributed by atoms with E-state index in [4.69, 9.17) is 9.84 Å². The second kappa shape index (κ2) is 10.3. The van der Waals surface area contributed by atoms with Crippen LogP contribution in [-0.4, -0.2) is 65.0 Å². The monoisotopic (exact) mass is 455 g/mol. The number of rotatable bonds is 6. The summed E-state index contributed by atoms with van der Waals surface area (Å²) >= 11 is 0. The molecule has 1 aromatic carbocycles. The van der Waals surface area contributed by atoms with E-state index in [0.29, 0.717) is 42.9 Å². The maximum absolute atomic E-state index is 14.7. The number of ketones is 1.